The predicted octanol–water partition coefficient (Wildman–Crippen LogP) is 2.95. The van der Waals surface area contributed by atoms with Crippen LogP contribution in [0.4, 0.5) is 4.79 Å². The SMILES string of the molecule is CCCC(C)(C)C[C@@]1(C)OOOC(=O)O1. The van der Waals surface area contributed by atoms with Gasteiger partial charge in [0.2, 0.25) is 5.79 Å². The van der Waals surface area contributed by atoms with Crippen molar-refractivity contribution >= 4 is 6.16 Å². The first kappa shape index (κ1) is 12.3. The maximum absolute atomic E-state index is 10.9. The van der Waals surface area contributed by atoms with Crippen molar-refractivity contribution in [1.29, 1.82) is 0 Å². The third-order valence-corrected chi connectivity index (χ3v) is 2.34. The molecule has 1 heterocycles. The zero-order chi connectivity index (χ0) is 11.5. The quantitative estimate of drug-likeness (QED) is 0.536. The van der Waals surface area contributed by atoms with Crippen molar-refractivity contribution in [3.8, 4) is 0 Å². The summed E-state index contributed by atoms with van der Waals surface area (Å²) in [7, 11) is 0. The number of ether oxygens (including phenoxy) is 1. The van der Waals surface area contributed by atoms with Gasteiger partial charge in [-0.3, -0.25) is 0 Å². The molecular weight excluding hydrogens is 200 g/mol. The van der Waals surface area contributed by atoms with Gasteiger partial charge in [0, 0.05) is 13.3 Å². The monoisotopic (exact) mass is 218 g/mol. The van der Waals surface area contributed by atoms with Crippen molar-refractivity contribution in [3.05, 3.63) is 0 Å². The van der Waals surface area contributed by atoms with E-state index in [4.69, 9.17) is 9.62 Å². The van der Waals surface area contributed by atoms with E-state index in [-0.39, 0.29) is 5.41 Å². The molecule has 0 saturated carbocycles. The lowest BCUT2D eigenvalue weighted by atomic mass is 9.81. The van der Waals surface area contributed by atoms with E-state index in [9.17, 15) is 4.79 Å². The highest BCUT2D eigenvalue weighted by Gasteiger charge is 2.42. The first-order valence-electron chi connectivity index (χ1n) is 5.12. The van der Waals surface area contributed by atoms with Gasteiger partial charge in [-0.2, -0.15) is 0 Å². The molecule has 0 radical (unpaired) electrons. The van der Waals surface area contributed by atoms with Crippen LogP contribution < -0.4 is 0 Å². The number of hydrogen-bond donors (Lipinski definition) is 0. The molecule has 0 aromatic carbocycles. The van der Waals surface area contributed by atoms with Crippen molar-refractivity contribution in [3.63, 3.8) is 0 Å². The minimum absolute atomic E-state index is 0.0183. The summed E-state index contributed by atoms with van der Waals surface area (Å²) in [6.07, 6.45) is 1.78. The lowest BCUT2D eigenvalue weighted by molar-refractivity contribution is -0.578. The molecule has 1 saturated heterocycles. The summed E-state index contributed by atoms with van der Waals surface area (Å²) in [6.45, 7) is 7.95. The normalized spacial score (nSPS) is 27.1. The zero-order valence-corrected chi connectivity index (χ0v) is 9.66. The molecule has 1 fully saturated rings. The summed E-state index contributed by atoms with van der Waals surface area (Å²) in [5.41, 5.74) is 0.0183. The molecule has 15 heavy (non-hydrogen) atoms. The molecule has 88 valence electrons. The molecule has 0 unspecified atom stereocenters. The first-order chi connectivity index (χ1) is 6.87. The second kappa shape index (κ2) is 4.37. The van der Waals surface area contributed by atoms with E-state index in [1.54, 1.807) is 6.92 Å². The van der Waals surface area contributed by atoms with Crippen molar-refractivity contribution < 1.29 is 24.3 Å². The Kier molecular flexibility index (Phi) is 3.57. The van der Waals surface area contributed by atoms with Crippen LogP contribution in [0.2, 0.25) is 0 Å². The zero-order valence-electron chi connectivity index (χ0n) is 9.66. The topological polar surface area (TPSA) is 54.0 Å². The summed E-state index contributed by atoms with van der Waals surface area (Å²) < 4.78 is 4.95. The van der Waals surface area contributed by atoms with E-state index in [2.05, 4.69) is 30.7 Å². The highest BCUT2D eigenvalue weighted by atomic mass is 17.5. The smallest absolute Gasteiger partial charge is 0.397 e. The van der Waals surface area contributed by atoms with Crippen molar-refractivity contribution in [2.24, 2.45) is 5.41 Å². The molecule has 1 aliphatic heterocycles. The summed E-state index contributed by atoms with van der Waals surface area (Å²) in [6, 6.07) is 0. The molecule has 0 N–H and O–H groups in total. The average molecular weight is 218 g/mol. The van der Waals surface area contributed by atoms with Gasteiger partial charge in [-0.15, -0.1) is 4.89 Å². The van der Waals surface area contributed by atoms with Gasteiger partial charge in [-0.25, -0.2) is 9.68 Å². The molecule has 0 amide bonds. The fourth-order valence-corrected chi connectivity index (χ4v) is 2.03. The van der Waals surface area contributed by atoms with Gasteiger partial charge < -0.3 is 4.74 Å². The largest absolute Gasteiger partial charge is 0.545 e. The highest BCUT2D eigenvalue weighted by molar-refractivity contribution is 5.59. The molecule has 1 aliphatic rings. The first-order valence-corrected chi connectivity index (χ1v) is 5.12. The minimum Gasteiger partial charge on any atom is -0.397 e. The van der Waals surface area contributed by atoms with E-state index in [0.717, 1.165) is 12.8 Å². The van der Waals surface area contributed by atoms with Crippen LogP contribution >= 0.6 is 0 Å². The van der Waals surface area contributed by atoms with Crippen LogP contribution in [-0.2, 0) is 19.6 Å². The lowest BCUT2D eigenvalue weighted by Gasteiger charge is -2.36. The van der Waals surface area contributed by atoms with E-state index >= 15 is 0 Å². The molecule has 1 atom stereocenters. The summed E-state index contributed by atoms with van der Waals surface area (Å²) >= 11 is 0. The standard InChI is InChI=1S/C10H18O5/c1-5-6-9(2,3)7-10(4)12-8(11)13-15-14-10/h5-7H2,1-4H3/t10-/m1/s1. The molecule has 0 spiro atoms. The Labute approximate surface area is 89.5 Å². The third-order valence-electron chi connectivity index (χ3n) is 2.34. The van der Waals surface area contributed by atoms with Crippen LogP contribution in [0.3, 0.4) is 0 Å². The maximum Gasteiger partial charge on any atom is 0.545 e. The number of hydrogen-bond acceptors (Lipinski definition) is 5. The van der Waals surface area contributed by atoms with Gasteiger partial charge in [-0.05, 0) is 16.9 Å². The molecule has 0 aliphatic carbocycles. The predicted molar refractivity (Wildman–Crippen MR) is 51.4 cm³/mol. The van der Waals surface area contributed by atoms with E-state index in [1.165, 1.54) is 0 Å². The molecule has 0 aromatic rings. The van der Waals surface area contributed by atoms with Crippen LogP contribution in [0.1, 0.15) is 47.0 Å². The van der Waals surface area contributed by atoms with Crippen LogP contribution in [0.5, 0.6) is 0 Å². The molecule has 5 heteroatoms. The van der Waals surface area contributed by atoms with Crippen LogP contribution in [0.15, 0.2) is 0 Å². The Hall–Kier alpha value is -0.810. The van der Waals surface area contributed by atoms with Gasteiger partial charge in [0.1, 0.15) is 0 Å². The van der Waals surface area contributed by atoms with E-state index in [0.29, 0.717) is 6.42 Å². The number of rotatable bonds is 4. The van der Waals surface area contributed by atoms with Gasteiger partial charge in [0.05, 0.1) is 0 Å². The van der Waals surface area contributed by atoms with Gasteiger partial charge >= 0.3 is 6.16 Å². The highest BCUT2D eigenvalue weighted by Crippen LogP contribution is 2.36. The Balaban J connectivity index is 2.58. The summed E-state index contributed by atoms with van der Waals surface area (Å²) in [4.78, 5) is 19.8. The number of carbonyl (C=O) groups is 1. The Morgan fingerprint density at radius 1 is 1.40 bits per heavy atom. The summed E-state index contributed by atoms with van der Waals surface area (Å²) in [5.74, 6) is -1.06. The second-order valence-electron chi connectivity index (χ2n) is 4.81. The molecule has 0 aromatic heterocycles. The summed E-state index contributed by atoms with van der Waals surface area (Å²) in [5, 5.41) is 4.25. The van der Waals surface area contributed by atoms with Gasteiger partial charge in [-0.1, -0.05) is 27.2 Å². The van der Waals surface area contributed by atoms with E-state index < -0.39 is 11.9 Å². The van der Waals surface area contributed by atoms with Crippen LogP contribution in [0, 0.1) is 5.41 Å². The van der Waals surface area contributed by atoms with Crippen LogP contribution in [-0.4, -0.2) is 11.9 Å². The van der Waals surface area contributed by atoms with Crippen molar-refractivity contribution in [2.75, 3.05) is 0 Å². The second-order valence-corrected chi connectivity index (χ2v) is 4.81. The Morgan fingerprint density at radius 3 is 2.60 bits per heavy atom. The van der Waals surface area contributed by atoms with Gasteiger partial charge in [0.25, 0.3) is 0 Å². The van der Waals surface area contributed by atoms with E-state index in [1.807, 2.05) is 0 Å². The molecule has 0 bridgehead atoms. The maximum atomic E-state index is 10.9. The Morgan fingerprint density at radius 2 is 2.07 bits per heavy atom. The lowest BCUT2D eigenvalue weighted by Crippen LogP contribution is -2.43. The number of carbonyl (C=O) groups excluding carboxylic acids is 1. The molecule has 5 nitrogen and oxygen atoms in total. The molecular formula is C10H18O5. The Bertz CT molecular complexity index is 238. The molecule has 1 rings (SSSR count). The van der Waals surface area contributed by atoms with Crippen LogP contribution in [0.25, 0.3) is 0 Å². The van der Waals surface area contributed by atoms with Crippen molar-refractivity contribution in [1.82, 2.24) is 0 Å². The fraction of sp³-hybridized carbons (Fsp3) is 0.900. The third kappa shape index (κ3) is 3.68. The average Bonchev–Trinajstić information content (AvgIpc) is 1.99. The van der Waals surface area contributed by atoms with Crippen molar-refractivity contribution in [2.45, 2.75) is 52.7 Å². The fourth-order valence-electron chi connectivity index (χ4n) is 2.03. The minimum atomic E-state index is -1.06. The van der Waals surface area contributed by atoms with Gasteiger partial charge in [0.15, 0.2) is 0 Å². The number of cyclic esters (lactones) is 1.